The highest BCUT2D eigenvalue weighted by Gasteiger charge is 2.47. The molecule has 6 heteroatoms. The van der Waals surface area contributed by atoms with Crippen LogP contribution in [-0.4, -0.2) is 39.7 Å². The van der Waals surface area contributed by atoms with E-state index in [4.69, 9.17) is 4.74 Å². The number of ether oxygens (including phenoxy) is 1. The van der Waals surface area contributed by atoms with Crippen LogP contribution in [0.4, 0.5) is 5.82 Å². The number of aromatic nitrogens is 2. The van der Waals surface area contributed by atoms with Crippen molar-refractivity contribution in [3.63, 3.8) is 0 Å². The van der Waals surface area contributed by atoms with E-state index in [1.807, 2.05) is 18.7 Å². The molecule has 0 saturated carbocycles. The zero-order valence-electron chi connectivity index (χ0n) is 12.0. The van der Waals surface area contributed by atoms with Crippen LogP contribution < -0.4 is 9.64 Å². The Hall–Kier alpha value is -1.85. The van der Waals surface area contributed by atoms with Gasteiger partial charge < -0.3 is 14.7 Å². The number of anilines is 1. The molecule has 2 rings (SSSR count). The van der Waals surface area contributed by atoms with Gasteiger partial charge in [-0.05, 0) is 25.7 Å². The number of rotatable bonds is 6. The zero-order valence-corrected chi connectivity index (χ0v) is 12.0. The van der Waals surface area contributed by atoms with Gasteiger partial charge in [0.25, 0.3) is 0 Å². The molecule has 6 nitrogen and oxygen atoms in total. The lowest BCUT2D eigenvalue weighted by atomic mass is 9.93. The monoisotopic (exact) mass is 279 g/mol. The highest BCUT2D eigenvalue weighted by atomic mass is 16.5. The van der Waals surface area contributed by atoms with E-state index in [1.165, 1.54) is 0 Å². The second kappa shape index (κ2) is 6.07. The third-order valence-corrected chi connectivity index (χ3v) is 3.80. The van der Waals surface area contributed by atoms with Gasteiger partial charge >= 0.3 is 5.97 Å². The standard InChI is InChI=1S/C14H21N3O3/c1-3-8-20-12-10-15-9-11(16-12)17-7-5-6-14(17,4-2)13(18)19/h9-10H,3-8H2,1-2H3,(H,18,19). The molecule has 0 bridgehead atoms. The molecule has 0 aromatic carbocycles. The van der Waals surface area contributed by atoms with Crippen molar-refractivity contribution in [1.29, 1.82) is 0 Å². The van der Waals surface area contributed by atoms with E-state index in [0.717, 1.165) is 12.8 Å². The fourth-order valence-electron chi connectivity index (χ4n) is 2.70. The van der Waals surface area contributed by atoms with E-state index in [9.17, 15) is 9.90 Å². The molecule has 1 aliphatic heterocycles. The molecule has 110 valence electrons. The molecule has 1 saturated heterocycles. The van der Waals surface area contributed by atoms with Crippen LogP contribution in [0.3, 0.4) is 0 Å². The average molecular weight is 279 g/mol. The summed E-state index contributed by atoms with van der Waals surface area (Å²) in [4.78, 5) is 22.0. The van der Waals surface area contributed by atoms with Gasteiger partial charge in [-0.1, -0.05) is 13.8 Å². The minimum absolute atomic E-state index is 0.451. The number of hydrogen-bond acceptors (Lipinski definition) is 5. The smallest absolute Gasteiger partial charge is 0.329 e. The molecule has 20 heavy (non-hydrogen) atoms. The molecule has 1 unspecified atom stereocenters. The summed E-state index contributed by atoms with van der Waals surface area (Å²) in [5.41, 5.74) is -0.863. The predicted octanol–water partition coefficient (Wildman–Crippen LogP) is 2.10. The van der Waals surface area contributed by atoms with Gasteiger partial charge in [-0.15, -0.1) is 0 Å². The SMILES string of the molecule is CCCOc1cncc(N2CCCC2(CC)C(=O)O)n1. The molecule has 1 aromatic heterocycles. The Balaban J connectivity index is 2.28. The summed E-state index contributed by atoms with van der Waals surface area (Å²) >= 11 is 0. The third kappa shape index (κ3) is 2.55. The lowest BCUT2D eigenvalue weighted by molar-refractivity contribution is -0.143. The summed E-state index contributed by atoms with van der Waals surface area (Å²) in [5, 5.41) is 9.59. The average Bonchev–Trinajstić information content (AvgIpc) is 2.90. The van der Waals surface area contributed by atoms with Gasteiger partial charge in [-0.2, -0.15) is 4.98 Å². The lowest BCUT2D eigenvalue weighted by Gasteiger charge is -2.34. The summed E-state index contributed by atoms with van der Waals surface area (Å²) in [5.74, 6) is 0.242. The molecule has 1 N–H and O–H groups in total. The summed E-state index contributed by atoms with van der Waals surface area (Å²) in [7, 11) is 0. The van der Waals surface area contributed by atoms with Crippen molar-refractivity contribution in [2.75, 3.05) is 18.1 Å². The number of carboxylic acid groups (broad SMARTS) is 1. The van der Waals surface area contributed by atoms with Crippen LogP contribution in [0.25, 0.3) is 0 Å². The summed E-state index contributed by atoms with van der Waals surface area (Å²) < 4.78 is 5.47. The molecule has 0 spiro atoms. The molecule has 1 atom stereocenters. The van der Waals surface area contributed by atoms with Crippen LogP contribution in [0, 0.1) is 0 Å². The predicted molar refractivity (Wildman–Crippen MR) is 75.1 cm³/mol. The second-order valence-electron chi connectivity index (χ2n) is 5.01. The topological polar surface area (TPSA) is 75.5 Å². The molecular weight excluding hydrogens is 258 g/mol. The van der Waals surface area contributed by atoms with Crippen LogP contribution >= 0.6 is 0 Å². The van der Waals surface area contributed by atoms with Crippen molar-refractivity contribution in [3.05, 3.63) is 12.4 Å². The first-order valence-corrected chi connectivity index (χ1v) is 7.10. The number of hydrogen-bond donors (Lipinski definition) is 1. The summed E-state index contributed by atoms with van der Waals surface area (Å²) in [6, 6.07) is 0. The van der Waals surface area contributed by atoms with Crippen LogP contribution in [0.5, 0.6) is 5.88 Å². The van der Waals surface area contributed by atoms with E-state index in [0.29, 0.717) is 37.7 Å². The molecule has 0 aliphatic carbocycles. The molecule has 2 heterocycles. The largest absolute Gasteiger partial charge is 0.479 e. The third-order valence-electron chi connectivity index (χ3n) is 3.80. The Morgan fingerprint density at radius 3 is 2.95 bits per heavy atom. The Bertz CT molecular complexity index is 480. The van der Waals surface area contributed by atoms with Crippen molar-refractivity contribution >= 4 is 11.8 Å². The quantitative estimate of drug-likeness (QED) is 0.859. The lowest BCUT2D eigenvalue weighted by Crippen LogP contribution is -2.50. The van der Waals surface area contributed by atoms with Gasteiger partial charge in [-0.3, -0.25) is 4.98 Å². The van der Waals surface area contributed by atoms with Gasteiger partial charge in [0.05, 0.1) is 19.0 Å². The molecule has 1 aromatic rings. The minimum atomic E-state index is -0.863. The van der Waals surface area contributed by atoms with Crippen molar-refractivity contribution < 1.29 is 14.6 Å². The van der Waals surface area contributed by atoms with Crippen molar-refractivity contribution in [2.45, 2.75) is 45.1 Å². The van der Waals surface area contributed by atoms with Crippen LogP contribution in [-0.2, 0) is 4.79 Å². The van der Waals surface area contributed by atoms with E-state index in [1.54, 1.807) is 12.4 Å². The highest BCUT2D eigenvalue weighted by Crippen LogP contribution is 2.36. The number of nitrogens with zero attached hydrogens (tertiary/aromatic N) is 3. The first-order chi connectivity index (χ1) is 9.64. The maximum Gasteiger partial charge on any atom is 0.329 e. The van der Waals surface area contributed by atoms with Crippen LogP contribution in [0.1, 0.15) is 39.5 Å². The maximum atomic E-state index is 11.7. The minimum Gasteiger partial charge on any atom is -0.479 e. The molecule has 1 fully saturated rings. The molecule has 0 amide bonds. The zero-order chi connectivity index (χ0) is 14.6. The first kappa shape index (κ1) is 14.6. The van der Waals surface area contributed by atoms with Gasteiger partial charge in [0, 0.05) is 6.54 Å². The fraction of sp³-hybridized carbons (Fsp3) is 0.643. The van der Waals surface area contributed by atoms with E-state index >= 15 is 0 Å². The first-order valence-electron chi connectivity index (χ1n) is 7.10. The maximum absolute atomic E-state index is 11.7. The van der Waals surface area contributed by atoms with Gasteiger partial charge in [0.15, 0.2) is 5.82 Å². The highest BCUT2D eigenvalue weighted by molar-refractivity contribution is 5.84. The van der Waals surface area contributed by atoms with Crippen molar-refractivity contribution in [2.24, 2.45) is 0 Å². The van der Waals surface area contributed by atoms with Crippen LogP contribution in [0.15, 0.2) is 12.4 Å². The molecule has 1 aliphatic rings. The molecule has 0 radical (unpaired) electrons. The number of aliphatic carboxylic acids is 1. The number of carbonyl (C=O) groups is 1. The molecular formula is C14H21N3O3. The Kier molecular flexibility index (Phi) is 4.42. The van der Waals surface area contributed by atoms with Gasteiger partial charge in [-0.25, -0.2) is 4.79 Å². The van der Waals surface area contributed by atoms with E-state index in [2.05, 4.69) is 9.97 Å². The fourth-order valence-corrected chi connectivity index (χ4v) is 2.70. The van der Waals surface area contributed by atoms with Gasteiger partial charge in [0.2, 0.25) is 5.88 Å². The van der Waals surface area contributed by atoms with E-state index < -0.39 is 11.5 Å². The van der Waals surface area contributed by atoms with Gasteiger partial charge in [0.1, 0.15) is 5.54 Å². The second-order valence-corrected chi connectivity index (χ2v) is 5.01. The van der Waals surface area contributed by atoms with Crippen molar-refractivity contribution in [3.8, 4) is 5.88 Å². The Morgan fingerprint density at radius 2 is 2.30 bits per heavy atom. The van der Waals surface area contributed by atoms with Crippen molar-refractivity contribution in [1.82, 2.24) is 9.97 Å². The summed E-state index contributed by atoms with van der Waals surface area (Å²) in [6.45, 7) is 5.18. The van der Waals surface area contributed by atoms with E-state index in [-0.39, 0.29) is 0 Å². The van der Waals surface area contributed by atoms with Crippen LogP contribution in [0.2, 0.25) is 0 Å². The Morgan fingerprint density at radius 1 is 1.50 bits per heavy atom. The normalized spacial score (nSPS) is 22.0. The Labute approximate surface area is 118 Å². The summed E-state index contributed by atoms with van der Waals surface area (Å²) in [6.07, 6.45) is 6.09. The number of carboxylic acids is 1.